The summed E-state index contributed by atoms with van der Waals surface area (Å²) in [5.41, 5.74) is 2.12. The molecule has 2 aliphatic heterocycles. The summed E-state index contributed by atoms with van der Waals surface area (Å²) >= 11 is 6.06. The number of anilines is 1. The molecule has 1 saturated heterocycles. The number of nitrogens with one attached hydrogen (secondary N) is 2. The second kappa shape index (κ2) is 14.2. The Morgan fingerprint density at radius 3 is 2.65 bits per heavy atom. The molecule has 0 aliphatic carbocycles. The highest BCUT2D eigenvalue weighted by Gasteiger charge is 2.36. The number of ether oxygens (including phenoxy) is 1. The third-order valence-corrected chi connectivity index (χ3v) is 8.65. The van der Waals surface area contributed by atoms with Gasteiger partial charge in [-0.1, -0.05) is 23.7 Å². The van der Waals surface area contributed by atoms with Crippen LogP contribution >= 0.6 is 11.6 Å². The molecule has 0 bridgehead atoms. The molecule has 1 aromatic heterocycles. The molecule has 238 valence electrons. The van der Waals surface area contributed by atoms with E-state index in [0.29, 0.717) is 35.9 Å². The number of aromatic nitrogens is 4. The predicted octanol–water partition coefficient (Wildman–Crippen LogP) is 5.14. The van der Waals surface area contributed by atoms with Crippen LogP contribution in [0.3, 0.4) is 0 Å². The summed E-state index contributed by atoms with van der Waals surface area (Å²) in [7, 11) is 0. The lowest BCUT2D eigenvalue weighted by Gasteiger charge is -2.36. The number of halogens is 3. The highest BCUT2D eigenvalue weighted by molar-refractivity contribution is 6.31. The Hall–Kier alpha value is -4.68. The molecule has 1 unspecified atom stereocenters. The van der Waals surface area contributed by atoms with Gasteiger partial charge < -0.3 is 20.3 Å². The molecule has 6 rings (SSSR count). The van der Waals surface area contributed by atoms with Gasteiger partial charge in [0.1, 0.15) is 23.9 Å². The molecule has 3 heterocycles. The van der Waals surface area contributed by atoms with Gasteiger partial charge in [-0.15, -0.1) is 5.10 Å². The van der Waals surface area contributed by atoms with Crippen molar-refractivity contribution in [2.24, 2.45) is 5.92 Å². The highest BCUT2D eigenvalue weighted by atomic mass is 35.5. The summed E-state index contributed by atoms with van der Waals surface area (Å²) in [6, 6.07) is 12.7. The number of nitrogens with zero attached hydrogens (tertiary/aromatic N) is 5. The molecular weight excluding hydrogens is 616 g/mol. The molecule has 0 spiro atoms. The first-order valence-corrected chi connectivity index (χ1v) is 15.5. The molecule has 13 heteroatoms. The van der Waals surface area contributed by atoms with Crippen molar-refractivity contribution in [1.82, 2.24) is 30.4 Å². The predicted molar refractivity (Wildman–Crippen MR) is 168 cm³/mol. The molecule has 1 fully saturated rings. The zero-order chi connectivity index (χ0) is 32.0. The van der Waals surface area contributed by atoms with E-state index in [-0.39, 0.29) is 22.8 Å². The normalized spacial score (nSPS) is 16.8. The van der Waals surface area contributed by atoms with Crippen LogP contribution in [0, 0.1) is 17.6 Å². The first-order chi connectivity index (χ1) is 22.4. The number of tetrazole rings is 1. The third kappa shape index (κ3) is 6.92. The molecular formula is C33H32ClF2N7O3. The molecule has 1 atom stereocenters. The number of rotatable bonds is 9. The van der Waals surface area contributed by atoms with Gasteiger partial charge in [-0.3, -0.25) is 9.59 Å². The Balaban J connectivity index is 1.29. The summed E-state index contributed by atoms with van der Waals surface area (Å²) in [5.74, 6) is -0.918. The fourth-order valence-electron chi connectivity index (χ4n) is 5.98. The van der Waals surface area contributed by atoms with Gasteiger partial charge >= 0.3 is 0 Å². The molecule has 0 radical (unpaired) electrons. The maximum absolute atomic E-state index is 15.2. The lowest BCUT2D eigenvalue weighted by atomic mass is 9.90. The SMILES string of the molecule is O=C(Nc1ccc(F)cc1)C1c2cccc(OCCC3CCNCC3)c2CCN1C(=O)C=Cc1c(-n2cnnn2)ccc(Cl)c1F. The number of piperidine rings is 1. The minimum absolute atomic E-state index is 0.00214. The van der Waals surface area contributed by atoms with E-state index < -0.39 is 29.5 Å². The first kappa shape index (κ1) is 31.3. The third-order valence-electron chi connectivity index (χ3n) is 8.36. The van der Waals surface area contributed by atoms with Gasteiger partial charge in [0.2, 0.25) is 5.91 Å². The first-order valence-electron chi connectivity index (χ1n) is 15.1. The average molecular weight is 648 g/mol. The van der Waals surface area contributed by atoms with E-state index in [1.165, 1.54) is 64.5 Å². The fraction of sp³-hybridized carbons (Fsp3) is 0.303. The highest BCUT2D eigenvalue weighted by Crippen LogP contribution is 2.37. The molecule has 0 saturated carbocycles. The van der Waals surface area contributed by atoms with Crippen molar-refractivity contribution >= 4 is 35.2 Å². The summed E-state index contributed by atoms with van der Waals surface area (Å²) in [6.45, 7) is 2.77. The summed E-state index contributed by atoms with van der Waals surface area (Å²) < 4.78 is 36.3. The molecule has 3 aromatic carbocycles. The summed E-state index contributed by atoms with van der Waals surface area (Å²) in [5, 5.41) is 17.1. The Morgan fingerprint density at radius 2 is 1.89 bits per heavy atom. The van der Waals surface area contributed by atoms with E-state index in [2.05, 4.69) is 26.2 Å². The van der Waals surface area contributed by atoms with Crippen LogP contribution in [0.15, 0.2) is 67.0 Å². The van der Waals surface area contributed by atoms with Crippen molar-refractivity contribution in [3.63, 3.8) is 0 Å². The van der Waals surface area contributed by atoms with Gasteiger partial charge in [0.15, 0.2) is 5.82 Å². The van der Waals surface area contributed by atoms with Crippen molar-refractivity contribution < 1.29 is 23.1 Å². The molecule has 2 amide bonds. The average Bonchev–Trinajstić information content (AvgIpc) is 3.61. The van der Waals surface area contributed by atoms with Gasteiger partial charge in [-0.2, -0.15) is 4.68 Å². The van der Waals surface area contributed by atoms with Gasteiger partial charge in [-0.05, 0) is 109 Å². The summed E-state index contributed by atoms with van der Waals surface area (Å²) in [4.78, 5) is 29.1. The molecule has 2 aliphatic rings. The number of amides is 2. The lowest BCUT2D eigenvalue weighted by molar-refractivity contribution is -0.135. The van der Waals surface area contributed by atoms with Crippen LogP contribution < -0.4 is 15.4 Å². The van der Waals surface area contributed by atoms with Gasteiger partial charge in [-0.25, -0.2) is 8.78 Å². The number of benzene rings is 3. The Bertz CT molecular complexity index is 1730. The van der Waals surface area contributed by atoms with E-state index in [1.54, 1.807) is 12.1 Å². The number of carbonyl (C=O) groups is 2. The second-order valence-corrected chi connectivity index (χ2v) is 11.6. The van der Waals surface area contributed by atoms with Crippen molar-refractivity contribution in [1.29, 1.82) is 0 Å². The minimum atomic E-state index is -1.04. The van der Waals surface area contributed by atoms with Crippen LogP contribution in [-0.4, -0.2) is 63.2 Å². The smallest absolute Gasteiger partial charge is 0.251 e. The zero-order valence-corrected chi connectivity index (χ0v) is 25.6. The second-order valence-electron chi connectivity index (χ2n) is 11.2. The van der Waals surface area contributed by atoms with Crippen LogP contribution in [0.4, 0.5) is 14.5 Å². The Kier molecular flexibility index (Phi) is 9.65. The fourth-order valence-corrected chi connectivity index (χ4v) is 6.14. The van der Waals surface area contributed by atoms with Crippen molar-refractivity contribution in [3.8, 4) is 11.4 Å². The standard InChI is InChI=1S/C33H32ClF2N7O3/c34-27-9-10-28(43-20-38-40-41-43)26(31(27)36)8-11-30(44)42-18-14-24-25(32(42)33(45)39-23-6-4-22(35)5-7-23)2-1-3-29(24)46-19-15-21-12-16-37-17-13-21/h1-11,20-21,32,37H,12-19H2,(H,39,45). The molecule has 46 heavy (non-hydrogen) atoms. The number of hydrogen-bond donors (Lipinski definition) is 2. The molecule has 2 N–H and O–H groups in total. The topological polar surface area (TPSA) is 114 Å². The van der Waals surface area contributed by atoms with E-state index in [4.69, 9.17) is 16.3 Å². The molecule has 10 nitrogen and oxygen atoms in total. The van der Waals surface area contributed by atoms with E-state index in [0.717, 1.165) is 37.9 Å². The van der Waals surface area contributed by atoms with Gasteiger partial charge in [0.25, 0.3) is 5.91 Å². The number of fused-ring (bicyclic) bond motifs is 1. The maximum atomic E-state index is 15.2. The van der Waals surface area contributed by atoms with Gasteiger partial charge in [0.05, 0.1) is 17.3 Å². The van der Waals surface area contributed by atoms with Crippen LogP contribution in [0.5, 0.6) is 5.75 Å². The quantitative estimate of drug-likeness (QED) is 0.242. The number of hydrogen-bond acceptors (Lipinski definition) is 7. The largest absolute Gasteiger partial charge is 0.493 e. The zero-order valence-electron chi connectivity index (χ0n) is 24.8. The van der Waals surface area contributed by atoms with E-state index >= 15 is 4.39 Å². The van der Waals surface area contributed by atoms with Gasteiger partial charge in [0, 0.05) is 29.4 Å². The van der Waals surface area contributed by atoms with Crippen LogP contribution in [-0.2, 0) is 16.0 Å². The van der Waals surface area contributed by atoms with Crippen LogP contribution in [0.2, 0.25) is 5.02 Å². The minimum Gasteiger partial charge on any atom is -0.493 e. The Labute approximate surface area is 269 Å². The van der Waals surface area contributed by atoms with Crippen molar-refractivity contribution in [3.05, 3.63) is 100 Å². The van der Waals surface area contributed by atoms with Crippen molar-refractivity contribution in [2.45, 2.75) is 31.7 Å². The van der Waals surface area contributed by atoms with Crippen LogP contribution in [0.25, 0.3) is 11.8 Å². The van der Waals surface area contributed by atoms with Crippen LogP contribution in [0.1, 0.15) is 42.0 Å². The summed E-state index contributed by atoms with van der Waals surface area (Å²) in [6.07, 6.45) is 7.40. The van der Waals surface area contributed by atoms with E-state index in [9.17, 15) is 14.0 Å². The van der Waals surface area contributed by atoms with Crippen molar-refractivity contribution in [2.75, 3.05) is 31.6 Å². The molecule has 4 aromatic rings. The maximum Gasteiger partial charge on any atom is 0.251 e. The number of carbonyl (C=O) groups excluding carboxylic acids is 2. The Morgan fingerprint density at radius 1 is 1.09 bits per heavy atom. The lowest BCUT2D eigenvalue weighted by Crippen LogP contribution is -2.44. The monoisotopic (exact) mass is 647 g/mol. The van der Waals surface area contributed by atoms with E-state index in [1.807, 2.05) is 6.07 Å².